The molecule has 5 nitrogen and oxygen atoms in total. The number of para-hydroxylation sites is 4. The normalized spacial score (nSPS) is 11.5. The molecule has 2 heterocycles. The molecular weight excluding hydrogens is 322 g/mol. The number of hydrogen-bond donors (Lipinski definition) is 0. The standard InChI is InChI=1S/C18H17N3O2S/c1-2-20-14-8-4-3-7-13(14)19-17(20)24-12-11-21-15-9-5-6-10-16(15)23-18(21)22/h3-10H,2,11-12H2,1H3. The summed E-state index contributed by atoms with van der Waals surface area (Å²) < 4.78 is 9.16. The summed E-state index contributed by atoms with van der Waals surface area (Å²) in [6.07, 6.45) is 0. The minimum Gasteiger partial charge on any atom is -0.408 e. The van der Waals surface area contributed by atoms with Crippen molar-refractivity contribution in [2.75, 3.05) is 5.75 Å². The first-order valence-corrected chi connectivity index (χ1v) is 8.93. The van der Waals surface area contributed by atoms with Crippen LogP contribution in [0.15, 0.2) is 62.9 Å². The van der Waals surface area contributed by atoms with Crippen molar-refractivity contribution in [1.29, 1.82) is 0 Å². The molecule has 6 heteroatoms. The van der Waals surface area contributed by atoms with Gasteiger partial charge in [0.2, 0.25) is 0 Å². The van der Waals surface area contributed by atoms with E-state index in [1.165, 1.54) is 0 Å². The van der Waals surface area contributed by atoms with Gasteiger partial charge in [0.25, 0.3) is 0 Å². The predicted molar refractivity (Wildman–Crippen MR) is 96.6 cm³/mol. The highest BCUT2D eigenvalue weighted by molar-refractivity contribution is 7.99. The molecule has 2 aromatic heterocycles. The lowest BCUT2D eigenvalue weighted by atomic mass is 10.3. The van der Waals surface area contributed by atoms with E-state index in [1.807, 2.05) is 42.5 Å². The molecule has 4 rings (SSSR count). The highest BCUT2D eigenvalue weighted by Gasteiger charge is 2.11. The van der Waals surface area contributed by atoms with Gasteiger partial charge in [-0.2, -0.15) is 0 Å². The van der Waals surface area contributed by atoms with E-state index >= 15 is 0 Å². The molecule has 0 radical (unpaired) electrons. The molecule has 0 atom stereocenters. The Labute approximate surface area is 142 Å². The summed E-state index contributed by atoms with van der Waals surface area (Å²) in [5, 5.41) is 0.986. The van der Waals surface area contributed by atoms with Crippen LogP contribution in [0.1, 0.15) is 6.92 Å². The molecule has 0 unspecified atom stereocenters. The second-order valence-corrected chi connectivity index (χ2v) is 6.53. The third kappa shape index (κ3) is 2.53. The first-order chi connectivity index (χ1) is 11.8. The predicted octanol–water partition coefficient (Wildman–Crippen LogP) is 3.76. The Morgan fingerprint density at radius 1 is 1.04 bits per heavy atom. The van der Waals surface area contributed by atoms with Gasteiger partial charge in [0.05, 0.1) is 16.6 Å². The van der Waals surface area contributed by atoms with Gasteiger partial charge in [-0.05, 0) is 31.2 Å². The van der Waals surface area contributed by atoms with Crippen molar-refractivity contribution in [2.45, 2.75) is 25.2 Å². The van der Waals surface area contributed by atoms with Gasteiger partial charge in [-0.15, -0.1) is 0 Å². The molecule has 0 aliphatic carbocycles. The number of oxazole rings is 1. The first-order valence-electron chi connectivity index (χ1n) is 7.94. The van der Waals surface area contributed by atoms with Crippen LogP contribution in [0.3, 0.4) is 0 Å². The molecule has 24 heavy (non-hydrogen) atoms. The molecule has 0 aliphatic rings. The van der Waals surface area contributed by atoms with Crippen LogP contribution in [0.5, 0.6) is 0 Å². The second-order valence-electron chi connectivity index (χ2n) is 5.46. The zero-order chi connectivity index (χ0) is 16.5. The lowest BCUT2D eigenvalue weighted by Gasteiger charge is -2.06. The van der Waals surface area contributed by atoms with E-state index in [2.05, 4.69) is 17.6 Å². The van der Waals surface area contributed by atoms with Gasteiger partial charge in [0.15, 0.2) is 10.7 Å². The van der Waals surface area contributed by atoms with Gasteiger partial charge < -0.3 is 8.98 Å². The van der Waals surface area contributed by atoms with Crippen LogP contribution in [0.4, 0.5) is 0 Å². The van der Waals surface area contributed by atoms with Crippen LogP contribution < -0.4 is 5.76 Å². The van der Waals surface area contributed by atoms with Crippen molar-refractivity contribution >= 4 is 33.9 Å². The fourth-order valence-electron chi connectivity index (χ4n) is 2.92. The van der Waals surface area contributed by atoms with Crippen LogP contribution in [0.25, 0.3) is 22.1 Å². The van der Waals surface area contributed by atoms with E-state index in [0.29, 0.717) is 12.1 Å². The molecule has 0 spiro atoms. The van der Waals surface area contributed by atoms with Crippen LogP contribution in [0, 0.1) is 0 Å². The summed E-state index contributed by atoms with van der Waals surface area (Å²) in [7, 11) is 0. The van der Waals surface area contributed by atoms with E-state index in [1.54, 1.807) is 16.3 Å². The topological polar surface area (TPSA) is 53.0 Å². The van der Waals surface area contributed by atoms with Crippen molar-refractivity contribution in [3.05, 3.63) is 59.1 Å². The molecule has 0 saturated heterocycles. The third-order valence-corrected chi connectivity index (χ3v) is 5.01. The average molecular weight is 339 g/mol. The minimum absolute atomic E-state index is 0.305. The number of benzene rings is 2. The highest BCUT2D eigenvalue weighted by Crippen LogP contribution is 2.24. The van der Waals surface area contributed by atoms with E-state index in [-0.39, 0.29) is 5.76 Å². The molecule has 4 aromatic rings. The average Bonchev–Trinajstić information content (AvgIpc) is 3.12. The van der Waals surface area contributed by atoms with Crippen LogP contribution in [-0.2, 0) is 13.1 Å². The van der Waals surface area contributed by atoms with Crippen molar-refractivity contribution in [1.82, 2.24) is 14.1 Å². The minimum atomic E-state index is -0.305. The zero-order valence-electron chi connectivity index (χ0n) is 13.3. The Morgan fingerprint density at radius 2 is 1.79 bits per heavy atom. The summed E-state index contributed by atoms with van der Waals surface area (Å²) in [6.45, 7) is 3.58. The first kappa shape index (κ1) is 15.1. The van der Waals surface area contributed by atoms with Crippen molar-refractivity contribution in [2.24, 2.45) is 0 Å². The fraction of sp³-hybridized carbons (Fsp3) is 0.222. The Morgan fingerprint density at radius 3 is 2.62 bits per heavy atom. The van der Waals surface area contributed by atoms with E-state index in [0.717, 1.165) is 34.0 Å². The molecule has 0 N–H and O–H groups in total. The van der Waals surface area contributed by atoms with Gasteiger partial charge in [-0.25, -0.2) is 9.78 Å². The van der Waals surface area contributed by atoms with Gasteiger partial charge in [-0.1, -0.05) is 36.0 Å². The number of aromatic nitrogens is 3. The highest BCUT2D eigenvalue weighted by atomic mass is 32.2. The lowest BCUT2D eigenvalue weighted by molar-refractivity contribution is 0.514. The molecule has 0 fully saturated rings. The quantitative estimate of drug-likeness (QED) is 0.520. The molecule has 0 saturated carbocycles. The molecule has 122 valence electrons. The molecule has 0 bridgehead atoms. The summed E-state index contributed by atoms with van der Waals surface area (Å²) in [6, 6.07) is 15.7. The Kier molecular flexibility index (Phi) is 3.90. The smallest absolute Gasteiger partial charge is 0.408 e. The van der Waals surface area contributed by atoms with Crippen molar-refractivity contribution in [3.8, 4) is 0 Å². The van der Waals surface area contributed by atoms with Gasteiger partial charge in [0, 0.05) is 18.8 Å². The van der Waals surface area contributed by atoms with Crippen LogP contribution >= 0.6 is 11.8 Å². The SMILES string of the molecule is CCn1c(SCCn2c(=O)oc3ccccc32)nc2ccccc21. The summed E-state index contributed by atoms with van der Waals surface area (Å²) in [5.41, 5.74) is 3.63. The Bertz CT molecular complexity index is 1060. The van der Waals surface area contributed by atoms with E-state index < -0.39 is 0 Å². The molecule has 0 aliphatic heterocycles. The maximum absolute atomic E-state index is 12.0. The lowest BCUT2D eigenvalue weighted by Crippen LogP contribution is -2.15. The van der Waals surface area contributed by atoms with E-state index in [9.17, 15) is 4.79 Å². The fourth-order valence-corrected chi connectivity index (χ4v) is 3.93. The van der Waals surface area contributed by atoms with Crippen molar-refractivity contribution < 1.29 is 4.42 Å². The monoisotopic (exact) mass is 339 g/mol. The summed E-state index contributed by atoms with van der Waals surface area (Å²) in [4.78, 5) is 16.7. The zero-order valence-corrected chi connectivity index (χ0v) is 14.1. The number of thioether (sulfide) groups is 1. The number of rotatable bonds is 5. The Balaban J connectivity index is 1.57. The van der Waals surface area contributed by atoms with Crippen molar-refractivity contribution in [3.63, 3.8) is 0 Å². The van der Waals surface area contributed by atoms with Crippen LogP contribution in [0.2, 0.25) is 0 Å². The van der Waals surface area contributed by atoms with Crippen LogP contribution in [-0.4, -0.2) is 19.9 Å². The third-order valence-electron chi connectivity index (χ3n) is 4.06. The Hall–Kier alpha value is -2.47. The number of fused-ring (bicyclic) bond motifs is 2. The summed E-state index contributed by atoms with van der Waals surface area (Å²) >= 11 is 1.66. The largest absolute Gasteiger partial charge is 0.419 e. The van der Waals surface area contributed by atoms with Gasteiger partial charge in [0.1, 0.15) is 0 Å². The molecule has 0 amide bonds. The summed E-state index contributed by atoms with van der Waals surface area (Å²) in [5.74, 6) is 0.452. The van der Waals surface area contributed by atoms with Gasteiger partial charge >= 0.3 is 5.76 Å². The van der Waals surface area contributed by atoms with Gasteiger partial charge in [-0.3, -0.25) is 4.57 Å². The maximum atomic E-state index is 12.0. The molecule has 2 aromatic carbocycles. The maximum Gasteiger partial charge on any atom is 0.419 e. The van der Waals surface area contributed by atoms with E-state index in [4.69, 9.17) is 9.40 Å². The number of hydrogen-bond acceptors (Lipinski definition) is 4. The molecular formula is C18H17N3O2S. The number of nitrogens with zero attached hydrogens (tertiary/aromatic N) is 3. The number of aryl methyl sites for hydroxylation is 2. The number of imidazole rings is 1. The second kappa shape index (κ2) is 6.20.